The van der Waals surface area contributed by atoms with Gasteiger partial charge in [-0.15, -0.1) is 0 Å². The summed E-state index contributed by atoms with van der Waals surface area (Å²) in [5.41, 5.74) is 8.18. The lowest BCUT2D eigenvalue weighted by molar-refractivity contribution is 0.813. The number of hydrogen-bond acceptors (Lipinski definition) is 2. The molecular weight excluding hydrogens is 245 g/mol. The van der Waals surface area contributed by atoms with E-state index in [1.807, 2.05) is 19.1 Å². The average Bonchev–Trinajstić information content (AvgIpc) is 2.60. The summed E-state index contributed by atoms with van der Waals surface area (Å²) in [5.74, 6) is 0. The van der Waals surface area contributed by atoms with E-state index in [4.69, 9.17) is 28.9 Å². The summed E-state index contributed by atoms with van der Waals surface area (Å²) < 4.78 is 1.76. The lowest BCUT2D eigenvalue weighted by atomic mass is 10.3. The molecule has 1 aromatic heterocycles. The Kier molecular flexibility index (Phi) is 3.19. The zero-order chi connectivity index (χ0) is 11.7. The Labute approximate surface area is 104 Å². The molecule has 3 nitrogen and oxygen atoms in total. The molecule has 0 atom stereocenters. The van der Waals surface area contributed by atoms with Crippen LogP contribution in [0.25, 0.3) is 5.69 Å². The zero-order valence-electron chi connectivity index (χ0n) is 8.74. The Morgan fingerprint density at radius 3 is 2.62 bits per heavy atom. The monoisotopic (exact) mass is 255 g/mol. The number of halogens is 2. The molecule has 5 heteroatoms. The third kappa shape index (κ3) is 2.07. The number of hydrogen-bond donors (Lipinski definition) is 1. The third-order valence-corrected chi connectivity index (χ3v) is 2.82. The first-order valence-corrected chi connectivity index (χ1v) is 5.58. The standard InChI is InChI=1S/C11H11Cl2N3/c1-7-4-9(6-14)15-16(7)11-3-2-8(12)5-10(11)13/h2-5H,6,14H2,1H3. The fourth-order valence-electron chi connectivity index (χ4n) is 1.54. The van der Waals surface area contributed by atoms with Crippen LogP contribution in [0.15, 0.2) is 24.3 Å². The Hall–Kier alpha value is -1.03. The first kappa shape index (κ1) is 11.5. The molecule has 0 bridgehead atoms. The number of nitrogens with two attached hydrogens (primary N) is 1. The van der Waals surface area contributed by atoms with Crippen LogP contribution < -0.4 is 5.73 Å². The molecule has 0 spiro atoms. The molecule has 2 rings (SSSR count). The van der Waals surface area contributed by atoms with E-state index in [1.54, 1.807) is 16.8 Å². The normalized spacial score (nSPS) is 10.8. The molecule has 16 heavy (non-hydrogen) atoms. The van der Waals surface area contributed by atoms with E-state index in [2.05, 4.69) is 5.10 Å². The summed E-state index contributed by atoms with van der Waals surface area (Å²) in [7, 11) is 0. The van der Waals surface area contributed by atoms with Gasteiger partial charge in [-0.05, 0) is 31.2 Å². The predicted molar refractivity (Wildman–Crippen MR) is 66.2 cm³/mol. The lowest BCUT2D eigenvalue weighted by Crippen LogP contribution is -2.02. The molecule has 84 valence electrons. The summed E-state index contributed by atoms with van der Waals surface area (Å²) in [6.07, 6.45) is 0. The van der Waals surface area contributed by atoms with Crippen molar-refractivity contribution in [1.29, 1.82) is 0 Å². The highest BCUT2D eigenvalue weighted by molar-refractivity contribution is 6.35. The second kappa shape index (κ2) is 4.45. The largest absolute Gasteiger partial charge is 0.325 e. The summed E-state index contributed by atoms with van der Waals surface area (Å²) in [5, 5.41) is 5.53. The van der Waals surface area contributed by atoms with Crippen molar-refractivity contribution in [3.8, 4) is 5.69 Å². The molecule has 0 saturated heterocycles. The van der Waals surface area contributed by atoms with E-state index < -0.39 is 0 Å². The van der Waals surface area contributed by atoms with Gasteiger partial charge in [0.05, 0.1) is 16.4 Å². The minimum atomic E-state index is 0.416. The van der Waals surface area contributed by atoms with Gasteiger partial charge in [-0.3, -0.25) is 0 Å². The topological polar surface area (TPSA) is 43.8 Å². The third-order valence-electron chi connectivity index (χ3n) is 2.29. The van der Waals surface area contributed by atoms with E-state index in [-0.39, 0.29) is 0 Å². The molecule has 0 aliphatic rings. The highest BCUT2D eigenvalue weighted by Gasteiger charge is 2.08. The summed E-state index contributed by atoms with van der Waals surface area (Å²) >= 11 is 12.0. The van der Waals surface area contributed by atoms with Crippen LogP contribution in [-0.2, 0) is 6.54 Å². The number of rotatable bonds is 2. The van der Waals surface area contributed by atoms with Crippen molar-refractivity contribution in [1.82, 2.24) is 9.78 Å². The van der Waals surface area contributed by atoms with Crippen molar-refractivity contribution >= 4 is 23.2 Å². The molecule has 0 aliphatic heterocycles. The second-order valence-electron chi connectivity index (χ2n) is 3.49. The van der Waals surface area contributed by atoms with Crippen LogP contribution in [0.1, 0.15) is 11.4 Å². The van der Waals surface area contributed by atoms with Gasteiger partial charge in [0.1, 0.15) is 0 Å². The smallest absolute Gasteiger partial charge is 0.0836 e. The molecule has 2 aromatic rings. The SMILES string of the molecule is Cc1cc(CN)nn1-c1ccc(Cl)cc1Cl. The van der Waals surface area contributed by atoms with Crippen molar-refractivity contribution in [2.24, 2.45) is 5.73 Å². The Bertz CT molecular complexity index is 520. The van der Waals surface area contributed by atoms with Crippen LogP contribution in [0.5, 0.6) is 0 Å². The molecule has 2 N–H and O–H groups in total. The molecule has 0 aliphatic carbocycles. The van der Waals surface area contributed by atoms with Crippen LogP contribution in [-0.4, -0.2) is 9.78 Å². The Balaban J connectivity index is 2.53. The molecule has 0 radical (unpaired) electrons. The number of nitrogens with zero attached hydrogens (tertiary/aromatic N) is 2. The van der Waals surface area contributed by atoms with E-state index in [0.717, 1.165) is 17.1 Å². The van der Waals surface area contributed by atoms with Crippen LogP contribution in [0.4, 0.5) is 0 Å². The number of aromatic nitrogens is 2. The minimum absolute atomic E-state index is 0.416. The summed E-state index contributed by atoms with van der Waals surface area (Å²) in [6, 6.07) is 7.25. The molecule has 0 saturated carbocycles. The first-order valence-electron chi connectivity index (χ1n) is 4.83. The number of aryl methyl sites for hydroxylation is 1. The van der Waals surface area contributed by atoms with Crippen LogP contribution in [0.2, 0.25) is 10.0 Å². The Morgan fingerprint density at radius 1 is 1.31 bits per heavy atom. The van der Waals surface area contributed by atoms with Gasteiger partial charge in [-0.2, -0.15) is 5.10 Å². The van der Waals surface area contributed by atoms with Crippen molar-refractivity contribution in [3.05, 3.63) is 45.7 Å². The van der Waals surface area contributed by atoms with Gasteiger partial charge >= 0.3 is 0 Å². The fourth-order valence-corrected chi connectivity index (χ4v) is 2.02. The molecule has 0 unspecified atom stereocenters. The predicted octanol–water partition coefficient (Wildman–Crippen LogP) is 2.95. The van der Waals surface area contributed by atoms with E-state index in [1.165, 1.54) is 0 Å². The average molecular weight is 256 g/mol. The van der Waals surface area contributed by atoms with E-state index in [0.29, 0.717) is 16.6 Å². The van der Waals surface area contributed by atoms with Crippen LogP contribution >= 0.6 is 23.2 Å². The van der Waals surface area contributed by atoms with E-state index in [9.17, 15) is 0 Å². The molecule has 1 aromatic carbocycles. The zero-order valence-corrected chi connectivity index (χ0v) is 10.3. The van der Waals surface area contributed by atoms with Crippen molar-refractivity contribution < 1.29 is 0 Å². The first-order chi connectivity index (χ1) is 7.61. The van der Waals surface area contributed by atoms with Gasteiger partial charge in [-0.25, -0.2) is 4.68 Å². The highest BCUT2D eigenvalue weighted by atomic mass is 35.5. The molecule has 0 fully saturated rings. The van der Waals surface area contributed by atoms with Crippen molar-refractivity contribution in [3.63, 3.8) is 0 Å². The van der Waals surface area contributed by atoms with E-state index >= 15 is 0 Å². The lowest BCUT2D eigenvalue weighted by Gasteiger charge is -2.06. The quantitative estimate of drug-likeness (QED) is 0.897. The van der Waals surface area contributed by atoms with Gasteiger partial charge in [0.15, 0.2) is 0 Å². The van der Waals surface area contributed by atoms with Crippen LogP contribution in [0.3, 0.4) is 0 Å². The maximum atomic E-state index is 6.11. The van der Waals surface area contributed by atoms with Gasteiger partial charge in [0.2, 0.25) is 0 Å². The van der Waals surface area contributed by atoms with Crippen LogP contribution in [0, 0.1) is 6.92 Å². The van der Waals surface area contributed by atoms with Crippen molar-refractivity contribution in [2.75, 3.05) is 0 Å². The molecule has 1 heterocycles. The number of benzene rings is 1. The van der Waals surface area contributed by atoms with Gasteiger partial charge in [0, 0.05) is 17.3 Å². The van der Waals surface area contributed by atoms with Gasteiger partial charge in [-0.1, -0.05) is 23.2 Å². The minimum Gasteiger partial charge on any atom is -0.325 e. The fraction of sp³-hybridized carbons (Fsp3) is 0.182. The summed E-state index contributed by atoms with van der Waals surface area (Å²) in [4.78, 5) is 0. The van der Waals surface area contributed by atoms with Crippen molar-refractivity contribution in [2.45, 2.75) is 13.5 Å². The van der Waals surface area contributed by atoms with Gasteiger partial charge in [0.25, 0.3) is 0 Å². The Morgan fingerprint density at radius 2 is 2.06 bits per heavy atom. The molecule has 0 amide bonds. The highest BCUT2D eigenvalue weighted by Crippen LogP contribution is 2.25. The maximum absolute atomic E-state index is 6.11. The summed E-state index contributed by atoms with van der Waals surface area (Å²) in [6.45, 7) is 2.37. The molecular formula is C11H11Cl2N3. The van der Waals surface area contributed by atoms with Gasteiger partial charge < -0.3 is 5.73 Å². The maximum Gasteiger partial charge on any atom is 0.0836 e. The second-order valence-corrected chi connectivity index (χ2v) is 4.33.